The van der Waals surface area contributed by atoms with Gasteiger partial charge in [-0.1, -0.05) is 30.3 Å². The molecule has 25 heavy (non-hydrogen) atoms. The van der Waals surface area contributed by atoms with Gasteiger partial charge in [-0.25, -0.2) is 15.0 Å². The number of aliphatic hydroxyl groups is 1. The van der Waals surface area contributed by atoms with Crippen molar-refractivity contribution in [2.45, 2.75) is 12.8 Å². The highest BCUT2D eigenvalue weighted by molar-refractivity contribution is 5.93. The van der Waals surface area contributed by atoms with Crippen LogP contribution in [-0.4, -0.2) is 47.3 Å². The molecule has 0 aliphatic carbocycles. The maximum Gasteiger partial charge on any atom is 0.268 e. The lowest BCUT2D eigenvalue weighted by Crippen LogP contribution is -2.48. The van der Waals surface area contributed by atoms with E-state index in [4.69, 9.17) is 0 Å². The van der Waals surface area contributed by atoms with Crippen LogP contribution in [0.4, 0.5) is 0 Å². The number of amides is 1. The number of benzene rings is 1. The van der Waals surface area contributed by atoms with Crippen LogP contribution in [0.25, 0.3) is 11.4 Å². The second-order valence-corrected chi connectivity index (χ2v) is 5.61. The zero-order valence-corrected chi connectivity index (χ0v) is 13.1. The standard InChI is InChI=1S/C16H15N7O2/c24-14-9-22(21-16(25)12-6-17-10-18-7-12)8-13-19-20-15(23(13)14)11-4-2-1-3-5-11/h1-7,10,14,24H,8-9H2,(H,21,25). The number of aromatic nitrogens is 5. The van der Waals surface area contributed by atoms with E-state index >= 15 is 0 Å². The summed E-state index contributed by atoms with van der Waals surface area (Å²) < 4.78 is 1.68. The van der Waals surface area contributed by atoms with Gasteiger partial charge in [-0.05, 0) is 0 Å². The van der Waals surface area contributed by atoms with E-state index in [1.54, 1.807) is 9.58 Å². The van der Waals surface area contributed by atoms with Crippen molar-refractivity contribution in [3.8, 4) is 11.4 Å². The molecule has 3 aromatic rings. The highest BCUT2D eigenvalue weighted by Gasteiger charge is 2.29. The second-order valence-electron chi connectivity index (χ2n) is 5.61. The van der Waals surface area contributed by atoms with Gasteiger partial charge >= 0.3 is 0 Å². The van der Waals surface area contributed by atoms with Crippen LogP contribution in [0.5, 0.6) is 0 Å². The molecule has 0 bridgehead atoms. The maximum atomic E-state index is 12.2. The van der Waals surface area contributed by atoms with Gasteiger partial charge < -0.3 is 5.11 Å². The highest BCUT2D eigenvalue weighted by Crippen LogP contribution is 2.25. The number of nitrogens with one attached hydrogen (secondary N) is 1. The van der Waals surface area contributed by atoms with E-state index in [9.17, 15) is 9.90 Å². The van der Waals surface area contributed by atoms with Gasteiger partial charge in [0.05, 0.1) is 18.7 Å². The second kappa shape index (κ2) is 6.38. The molecule has 1 aromatic carbocycles. The highest BCUT2D eigenvalue weighted by atomic mass is 16.3. The number of hydrogen-bond acceptors (Lipinski definition) is 7. The van der Waals surface area contributed by atoms with Gasteiger partial charge in [0.15, 0.2) is 11.6 Å². The van der Waals surface area contributed by atoms with Crippen LogP contribution in [0.15, 0.2) is 49.1 Å². The fraction of sp³-hybridized carbons (Fsp3) is 0.188. The summed E-state index contributed by atoms with van der Waals surface area (Å²) in [5.41, 5.74) is 3.94. The number of hydrogen-bond donors (Lipinski definition) is 2. The van der Waals surface area contributed by atoms with Crippen LogP contribution in [0.1, 0.15) is 22.4 Å². The molecule has 1 amide bonds. The maximum absolute atomic E-state index is 12.2. The molecule has 0 fully saturated rings. The minimum Gasteiger partial charge on any atom is -0.372 e. The van der Waals surface area contributed by atoms with Crippen LogP contribution >= 0.6 is 0 Å². The molecule has 4 rings (SSSR count). The van der Waals surface area contributed by atoms with Gasteiger partial charge in [0, 0.05) is 18.0 Å². The average Bonchev–Trinajstić information content (AvgIpc) is 3.08. The lowest BCUT2D eigenvalue weighted by Gasteiger charge is -2.31. The minimum absolute atomic E-state index is 0.213. The Balaban J connectivity index is 1.55. The van der Waals surface area contributed by atoms with Crippen LogP contribution < -0.4 is 5.43 Å². The lowest BCUT2D eigenvalue weighted by atomic mass is 10.2. The van der Waals surface area contributed by atoms with Crippen molar-refractivity contribution in [1.29, 1.82) is 0 Å². The largest absolute Gasteiger partial charge is 0.372 e. The van der Waals surface area contributed by atoms with Crippen LogP contribution in [-0.2, 0) is 6.54 Å². The van der Waals surface area contributed by atoms with Crippen LogP contribution in [0.2, 0.25) is 0 Å². The van der Waals surface area contributed by atoms with E-state index in [1.165, 1.54) is 18.7 Å². The van der Waals surface area contributed by atoms with Crippen LogP contribution in [0, 0.1) is 0 Å². The smallest absolute Gasteiger partial charge is 0.268 e. The zero-order valence-electron chi connectivity index (χ0n) is 13.1. The number of carbonyl (C=O) groups excluding carboxylic acids is 1. The summed E-state index contributed by atoms with van der Waals surface area (Å²) in [5.74, 6) is 0.830. The van der Waals surface area contributed by atoms with Gasteiger partial charge in [0.2, 0.25) is 0 Å². The van der Waals surface area contributed by atoms with E-state index in [0.29, 0.717) is 23.8 Å². The van der Waals surface area contributed by atoms with E-state index in [1.807, 2.05) is 30.3 Å². The molecule has 0 saturated heterocycles. The first kappa shape index (κ1) is 15.4. The summed E-state index contributed by atoms with van der Waals surface area (Å²) in [6.07, 6.45) is 3.34. The van der Waals surface area contributed by atoms with Crippen molar-refractivity contribution < 1.29 is 9.90 Å². The summed E-state index contributed by atoms with van der Waals surface area (Å²) in [4.78, 5) is 19.8. The van der Waals surface area contributed by atoms with Crippen molar-refractivity contribution in [3.63, 3.8) is 0 Å². The Hall–Kier alpha value is -3.17. The van der Waals surface area contributed by atoms with Crippen molar-refractivity contribution in [1.82, 2.24) is 35.2 Å². The van der Waals surface area contributed by atoms with Crippen LogP contribution in [0.3, 0.4) is 0 Å². The summed E-state index contributed by atoms with van der Waals surface area (Å²) >= 11 is 0. The molecule has 3 heterocycles. The summed E-state index contributed by atoms with van der Waals surface area (Å²) in [5, 5.41) is 20.4. The first-order chi connectivity index (χ1) is 12.2. The average molecular weight is 337 g/mol. The van der Waals surface area contributed by atoms with E-state index < -0.39 is 6.23 Å². The minimum atomic E-state index is -0.874. The number of aliphatic hydroxyl groups excluding tert-OH is 1. The Morgan fingerprint density at radius 1 is 1.16 bits per heavy atom. The first-order valence-corrected chi connectivity index (χ1v) is 7.70. The molecule has 2 N–H and O–H groups in total. The fourth-order valence-corrected chi connectivity index (χ4v) is 2.75. The normalized spacial score (nSPS) is 17.1. The molecule has 9 heteroatoms. The Bertz CT molecular complexity index is 882. The quantitative estimate of drug-likeness (QED) is 0.711. The number of nitrogens with zero attached hydrogens (tertiary/aromatic N) is 6. The monoisotopic (exact) mass is 337 g/mol. The SMILES string of the molecule is O=C(NN1Cc2nnc(-c3ccccc3)n2C(O)C1)c1cncnc1. The third kappa shape index (κ3) is 2.97. The number of fused-ring (bicyclic) bond motifs is 1. The third-order valence-electron chi connectivity index (χ3n) is 3.89. The number of β-amino-alcohol motifs (C(OH)–C–C–N with tert-alkyl or cyclic N) is 1. The van der Waals surface area contributed by atoms with E-state index in [0.717, 1.165) is 5.56 Å². The first-order valence-electron chi connectivity index (χ1n) is 7.70. The number of rotatable bonds is 3. The molecule has 1 unspecified atom stereocenters. The molecule has 126 valence electrons. The summed E-state index contributed by atoms with van der Waals surface area (Å²) in [6, 6.07) is 9.54. The molecule has 2 aromatic heterocycles. The van der Waals surface area contributed by atoms with Crippen molar-refractivity contribution in [3.05, 3.63) is 60.4 Å². The molecule has 0 spiro atoms. The molecule has 0 saturated carbocycles. The van der Waals surface area contributed by atoms with Gasteiger partial charge in [0.25, 0.3) is 5.91 Å². The fourth-order valence-electron chi connectivity index (χ4n) is 2.75. The van der Waals surface area contributed by atoms with Gasteiger partial charge in [0.1, 0.15) is 12.6 Å². The Morgan fingerprint density at radius 2 is 1.92 bits per heavy atom. The molecular formula is C16H15N7O2. The Kier molecular flexibility index (Phi) is 3.92. The van der Waals surface area contributed by atoms with Crippen molar-refractivity contribution in [2.24, 2.45) is 0 Å². The number of hydrazine groups is 1. The Labute approximate surface area is 143 Å². The zero-order chi connectivity index (χ0) is 17.2. The lowest BCUT2D eigenvalue weighted by molar-refractivity contribution is 0.00582. The van der Waals surface area contributed by atoms with Crippen molar-refractivity contribution >= 4 is 5.91 Å². The van der Waals surface area contributed by atoms with E-state index in [2.05, 4.69) is 25.6 Å². The van der Waals surface area contributed by atoms with Gasteiger partial charge in [-0.3, -0.25) is 14.8 Å². The van der Waals surface area contributed by atoms with Gasteiger partial charge in [-0.2, -0.15) is 0 Å². The molecule has 0 radical (unpaired) electrons. The van der Waals surface area contributed by atoms with Crippen molar-refractivity contribution in [2.75, 3.05) is 6.54 Å². The molecule has 9 nitrogen and oxygen atoms in total. The number of carbonyl (C=O) groups is 1. The van der Waals surface area contributed by atoms with E-state index in [-0.39, 0.29) is 12.5 Å². The molecular weight excluding hydrogens is 322 g/mol. The Morgan fingerprint density at radius 3 is 2.68 bits per heavy atom. The molecule has 1 aliphatic rings. The predicted octanol–water partition coefficient (Wildman–Crippen LogP) is 0.387. The van der Waals surface area contributed by atoms with Gasteiger partial charge in [-0.15, -0.1) is 10.2 Å². The topological polar surface area (TPSA) is 109 Å². The third-order valence-corrected chi connectivity index (χ3v) is 3.89. The predicted molar refractivity (Wildman–Crippen MR) is 86.6 cm³/mol. The summed E-state index contributed by atoms with van der Waals surface area (Å²) in [6.45, 7) is 0.542. The summed E-state index contributed by atoms with van der Waals surface area (Å²) in [7, 11) is 0. The molecule has 1 aliphatic heterocycles. The molecule has 1 atom stereocenters.